The number of aromatic nitrogens is 2. The first-order valence-corrected chi connectivity index (χ1v) is 5.71. The second kappa shape index (κ2) is 4.66. The molecule has 1 fully saturated rings. The van der Waals surface area contributed by atoms with E-state index in [2.05, 4.69) is 14.5 Å². The van der Waals surface area contributed by atoms with Gasteiger partial charge in [-0.15, -0.1) is 0 Å². The topological polar surface area (TPSA) is 41.3 Å². The number of aryl methyl sites for hydroxylation is 1. The highest BCUT2D eigenvalue weighted by Gasteiger charge is 2.15. The van der Waals surface area contributed by atoms with E-state index in [1.54, 1.807) is 0 Å². The van der Waals surface area contributed by atoms with E-state index < -0.39 is 0 Å². The first-order chi connectivity index (χ1) is 7.33. The van der Waals surface area contributed by atoms with Gasteiger partial charge in [0.15, 0.2) is 0 Å². The Labute approximate surface area is 90.5 Å². The Morgan fingerprint density at radius 2 is 2.07 bits per heavy atom. The van der Waals surface area contributed by atoms with E-state index in [4.69, 9.17) is 5.11 Å². The number of hydrogen-bond donors (Lipinski definition) is 1. The van der Waals surface area contributed by atoms with Crippen molar-refractivity contribution in [3.63, 3.8) is 0 Å². The van der Waals surface area contributed by atoms with Gasteiger partial charge < -0.3 is 14.6 Å². The van der Waals surface area contributed by atoms with Gasteiger partial charge in [-0.25, -0.2) is 4.98 Å². The Morgan fingerprint density at radius 3 is 2.73 bits per heavy atom. The molecule has 1 N–H and O–H groups in total. The van der Waals surface area contributed by atoms with Gasteiger partial charge >= 0.3 is 0 Å². The van der Waals surface area contributed by atoms with Crippen molar-refractivity contribution in [3.05, 3.63) is 12.0 Å². The molecule has 0 spiro atoms. The molecule has 2 rings (SSSR count). The number of anilines is 1. The van der Waals surface area contributed by atoms with Crippen LogP contribution in [0.2, 0.25) is 0 Å². The van der Waals surface area contributed by atoms with E-state index in [-0.39, 0.29) is 6.61 Å². The summed E-state index contributed by atoms with van der Waals surface area (Å²) >= 11 is 0. The molecule has 0 radical (unpaired) electrons. The predicted molar refractivity (Wildman–Crippen MR) is 60.1 cm³/mol. The minimum Gasteiger partial charge on any atom is -0.395 e. The van der Waals surface area contributed by atoms with Gasteiger partial charge in [0, 0.05) is 19.6 Å². The lowest BCUT2D eigenvalue weighted by molar-refractivity contribution is 0.275. The Balaban J connectivity index is 2.18. The van der Waals surface area contributed by atoms with E-state index in [0.29, 0.717) is 6.54 Å². The first kappa shape index (κ1) is 10.5. The SMILES string of the molecule is Cc1ncc(N2CCCCC2)n1CCO. The molecule has 1 aromatic rings. The number of rotatable bonds is 3. The van der Waals surface area contributed by atoms with Gasteiger partial charge in [-0.2, -0.15) is 0 Å². The highest BCUT2D eigenvalue weighted by molar-refractivity contribution is 5.39. The normalized spacial score (nSPS) is 17.1. The van der Waals surface area contributed by atoms with Crippen molar-refractivity contribution in [1.82, 2.24) is 9.55 Å². The minimum atomic E-state index is 0.179. The number of aliphatic hydroxyl groups is 1. The molecule has 0 aromatic carbocycles. The monoisotopic (exact) mass is 209 g/mol. The van der Waals surface area contributed by atoms with Crippen LogP contribution in [-0.2, 0) is 6.54 Å². The zero-order chi connectivity index (χ0) is 10.7. The lowest BCUT2D eigenvalue weighted by Crippen LogP contribution is -2.31. The second-order valence-electron chi connectivity index (χ2n) is 4.09. The van der Waals surface area contributed by atoms with Crippen molar-refractivity contribution in [3.8, 4) is 0 Å². The summed E-state index contributed by atoms with van der Waals surface area (Å²) < 4.78 is 2.10. The largest absolute Gasteiger partial charge is 0.395 e. The van der Waals surface area contributed by atoms with Crippen LogP contribution in [0.4, 0.5) is 5.82 Å². The molecule has 1 saturated heterocycles. The summed E-state index contributed by atoms with van der Waals surface area (Å²) in [4.78, 5) is 6.69. The van der Waals surface area contributed by atoms with Crippen LogP contribution in [0.5, 0.6) is 0 Å². The highest BCUT2D eigenvalue weighted by atomic mass is 16.3. The van der Waals surface area contributed by atoms with Crippen molar-refractivity contribution in [2.24, 2.45) is 0 Å². The Bertz CT molecular complexity index is 316. The molecule has 0 aliphatic carbocycles. The van der Waals surface area contributed by atoms with Crippen LogP contribution in [0.15, 0.2) is 6.20 Å². The van der Waals surface area contributed by atoms with E-state index >= 15 is 0 Å². The van der Waals surface area contributed by atoms with Gasteiger partial charge in [-0.05, 0) is 26.2 Å². The Hall–Kier alpha value is -1.03. The third kappa shape index (κ3) is 2.15. The third-order valence-electron chi connectivity index (χ3n) is 3.04. The van der Waals surface area contributed by atoms with E-state index in [1.807, 2.05) is 13.1 Å². The van der Waals surface area contributed by atoms with Crippen molar-refractivity contribution >= 4 is 5.82 Å². The maximum atomic E-state index is 9.02. The highest BCUT2D eigenvalue weighted by Crippen LogP contribution is 2.20. The van der Waals surface area contributed by atoms with Crippen molar-refractivity contribution in [2.75, 3.05) is 24.6 Å². The van der Waals surface area contributed by atoms with Crippen LogP contribution < -0.4 is 4.90 Å². The molecular formula is C11H19N3O. The number of nitrogens with zero attached hydrogens (tertiary/aromatic N) is 3. The van der Waals surface area contributed by atoms with Gasteiger partial charge in [0.2, 0.25) is 0 Å². The fourth-order valence-electron chi connectivity index (χ4n) is 2.21. The summed E-state index contributed by atoms with van der Waals surface area (Å²) in [5, 5.41) is 9.02. The molecule has 2 heterocycles. The molecule has 4 heteroatoms. The number of imidazole rings is 1. The second-order valence-corrected chi connectivity index (χ2v) is 4.09. The molecular weight excluding hydrogens is 190 g/mol. The molecule has 0 atom stereocenters. The summed E-state index contributed by atoms with van der Waals surface area (Å²) in [6.45, 7) is 5.06. The van der Waals surface area contributed by atoms with Crippen LogP contribution in [-0.4, -0.2) is 34.4 Å². The molecule has 0 unspecified atom stereocenters. The number of hydrogen-bond acceptors (Lipinski definition) is 3. The quantitative estimate of drug-likeness (QED) is 0.812. The zero-order valence-electron chi connectivity index (χ0n) is 9.32. The molecule has 0 amide bonds. The summed E-state index contributed by atoms with van der Waals surface area (Å²) in [6, 6.07) is 0. The van der Waals surface area contributed by atoms with Gasteiger partial charge in [-0.3, -0.25) is 0 Å². The third-order valence-corrected chi connectivity index (χ3v) is 3.04. The average Bonchev–Trinajstić information content (AvgIpc) is 2.63. The fraction of sp³-hybridized carbons (Fsp3) is 0.727. The van der Waals surface area contributed by atoms with Crippen molar-refractivity contribution in [1.29, 1.82) is 0 Å². The van der Waals surface area contributed by atoms with Crippen LogP contribution in [0.3, 0.4) is 0 Å². The van der Waals surface area contributed by atoms with Crippen LogP contribution in [0.25, 0.3) is 0 Å². The molecule has 84 valence electrons. The Morgan fingerprint density at radius 1 is 1.33 bits per heavy atom. The summed E-state index contributed by atoms with van der Waals surface area (Å²) in [7, 11) is 0. The molecule has 0 saturated carbocycles. The molecule has 4 nitrogen and oxygen atoms in total. The van der Waals surface area contributed by atoms with Gasteiger partial charge in [-0.1, -0.05) is 0 Å². The molecule has 0 bridgehead atoms. The maximum Gasteiger partial charge on any atom is 0.128 e. The molecule has 1 aliphatic heterocycles. The Kier molecular flexibility index (Phi) is 3.26. The van der Waals surface area contributed by atoms with Crippen molar-refractivity contribution in [2.45, 2.75) is 32.7 Å². The van der Waals surface area contributed by atoms with Crippen LogP contribution in [0, 0.1) is 6.92 Å². The van der Waals surface area contributed by atoms with E-state index in [0.717, 1.165) is 18.9 Å². The number of piperidine rings is 1. The fourth-order valence-corrected chi connectivity index (χ4v) is 2.21. The van der Waals surface area contributed by atoms with E-state index in [1.165, 1.54) is 25.1 Å². The van der Waals surface area contributed by atoms with Crippen molar-refractivity contribution < 1.29 is 5.11 Å². The predicted octanol–water partition coefficient (Wildman–Crippen LogP) is 1.17. The van der Waals surface area contributed by atoms with Gasteiger partial charge in [0.1, 0.15) is 11.6 Å². The molecule has 15 heavy (non-hydrogen) atoms. The summed E-state index contributed by atoms with van der Waals surface area (Å²) in [6.07, 6.45) is 5.80. The van der Waals surface area contributed by atoms with Crippen LogP contribution in [0.1, 0.15) is 25.1 Å². The molecule has 1 aliphatic rings. The average molecular weight is 209 g/mol. The minimum absolute atomic E-state index is 0.179. The lowest BCUT2D eigenvalue weighted by atomic mass is 10.1. The van der Waals surface area contributed by atoms with Gasteiger partial charge in [0.25, 0.3) is 0 Å². The van der Waals surface area contributed by atoms with Gasteiger partial charge in [0.05, 0.1) is 12.8 Å². The molecule has 1 aromatic heterocycles. The van der Waals surface area contributed by atoms with E-state index in [9.17, 15) is 0 Å². The number of aliphatic hydroxyl groups excluding tert-OH is 1. The summed E-state index contributed by atoms with van der Waals surface area (Å²) in [5.41, 5.74) is 0. The maximum absolute atomic E-state index is 9.02. The zero-order valence-corrected chi connectivity index (χ0v) is 9.32. The smallest absolute Gasteiger partial charge is 0.128 e. The van der Waals surface area contributed by atoms with Crippen LogP contribution >= 0.6 is 0 Å². The summed E-state index contributed by atoms with van der Waals surface area (Å²) in [5.74, 6) is 2.16. The first-order valence-electron chi connectivity index (χ1n) is 5.71. The standard InChI is InChI=1S/C11H19N3O/c1-10-12-9-11(14(10)7-8-15)13-5-3-2-4-6-13/h9,15H,2-8H2,1H3. The lowest BCUT2D eigenvalue weighted by Gasteiger charge is -2.29.